The summed E-state index contributed by atoms with van der Waals surface area (Å²) >= 11 is 0.984. The monoisotopic (exact) mass is 496 g/mol. The first-order valence-corrected chi connectivity index (χ1v) is 10.7. The van der Waals surface area contributed by atoms with Gasteiger partial charge in [0.1, 0.15) is 28.0 Å². The highest BCUT2D eigenvalue weighted by Crippen LogP contribution is 2.44. The van der Waals surface area contributed by atoms with E-state index in [0.717, 1.165) is 24.5 Å². The molecule has 0 aliphatic carbocycles. The zero-order chi connectivity index (χ0) is 24.6. The Morgan fingerprint density at radius 3 is 2.41 bits per heavy atom. The number of benzene rings is 1. The SMILES string of the molecule is COc1cc(OC)c([C@H]2CC(c3csc(-c4cn(C(C)=O)nc4C(F)(F)F)n3)=NO2)c(OC)c1. The molecule has 1 aliphatic heterocycles. The minimum absolute atomic E-state index is 0.0561. The van der Waals surface area contributed by atoms with Crippen molar-refractivity contribution in [2.45, 2.75) is 25.6 Å². The van der Waals surface area contributed by atoms with Crippen molar-refractivity contribution in [2.75, 3.05) is 21.3 Å². The van der Waals surface area contributed by atoms with E-state index in [1.165, 1.54) is 21.3 Å². The van der Waals surface area contributed by atoms with Crippen LogP contribution in [0.2, 0.25) is 0 Å². The summed E-state index contributed by atoms with van der Waals surface area (Å²) in [4.78, 5) is 21.5. The number of rotatable bonds is 6. The van der Waals surface area contributed by atoms with Crippen LogP contribution in [0.1, 0.15) is 41.2 Å². The number of ether oxygens (including phenoxy) is 3. The van der Waals surface area contributed by atoms with Gasteiger partial charge in [0.2, 0.25) is 5.91 Å². The second-order valence-corrected chi connectivity index (χ2v) is 8.03. The van der Waals surface area contributed by atoms with Crippen LogP contribution in [-0.2, 0) is 11.0 Å². The van der Waals surface area contributed by atoms with E-state index >= 15 is 0 Å². The zero-order valence-corrected chi connectivity index (χ0v) is 19.3. The van der Waals surface area contributed by atoms with Gasteiger partial charge in [-0.05, 0) is 0 Å². The maximum absolute atomic E-state index is 13.5. The number of thiazole rings is 1. The van der Waals surface area contributed by atoms with Gasteiger partial charge in [-0.15, -0.1) is 11.3 Å². The summed E-state index contributed by atoms with van der Waals surface area (Å²) in [5, 5.41) is 9.11. The number of methoxy groups -OCH3 is 3. The number of oxime groups is 1. The summed E-state index contributed by atoms with van der Waals surface area (Å²) in [7, 11) is 4.52. The predicted molar refractivity (Wildman–Crippen MR) is 116 cm³/mol. The molecule has 1 atom stereocenters. The first kappa shape index (κ1) is 23.5. The highest BCUT2D eigenvalue weighted by atomic mass is 32.1. The van der Waals surface area contributed by atoms with Crippen molar-refractivity contribution in [1.29, 1.82) is 0 Å². The average molecular weight is 496 g/mol. The van der Waals surface area contributed by atoms with E-state index in [0.29, 0.717) is 38.9 Å². The molecule has 0 bridgehead atoms. The molecule has 0 fully saturated rings. The van der Waals surface area contributed by atoms with E-state index in [1.54, 1.807) is 17.5 Å². The minimum atomic E-state index is -4.75. The van der Waals surface area contributed by atoms with Crippen LogP contribution in [-0.4, -0.2) is 47.7 Å². The Morgan fingerprint density at radius 2 is 1.85 bits per heavy atom. The molecular weight excluding hydrogens is 477 g/mol. The third-order valence-electron chi connectivity index (χ3n) is 5.08. The summed E-state index contributed by atoms with van der Waals surface area (Å²) in [6, 6.07) is 3.37. The van der Waals surface area contributed by atoms with Crippen molar-refractivity contribution in [3.05, 3.63) is 40.7 Å². The Balaban J connectivity index is 1.63. The van der Waals surface area contributed by atoms with Gasteiger partial charge < -0.3 is 19.0 Å². The Kier molecular flexibility index (Phi) is 6.21. The molecule has 0 amide bonds. The lowest BCUT2D eigenvalue weighted by Crippen LogP contribution is -2.11. The topological polar surface area (TPSA) is 97.1 Å². The van der Waals surface area contributed by atoms with Crippen LogP contribution in [0.3, 0.4) is 0 Å². The molecule has 9 nitrogen and oxygen atoms in total. The van der Waals surface area contributed by atoms with Gasteiger partial charge in [0.05, 0.1) is 38.2 Å². The molecular formula is C21H19F3N4O5S. The van der Waals surface area contributed by atoms with Crippen molar-refractivity contribution >= 4 is 23.0 Å². The molecule has 180 valence electrons. The third-order valence-corrected chi connectivity index (χ3v) is 5.96. The van der Waals surface area contributed by atoms with E-state index in [4.69, 9.17) is 19.0 Å². The van der Waals surface area contributed by atoms with E-state index in [2.05, 4.69) is 15.2 Å². The lowest BCUT2D eigenvalue weighted by molar-refractivity contribution is -0.140. The fourth-order valence-corrected chi connectivity index (χ4v) is 4.30. The lowest BCUT2D eigenvalue weighted by Gasteiger charge is -2.18. The van der Waals surface area contributed by atoms with Crippen LogP contribution in [0, 0.1) is 0 Å². The van der Waals surface area contributed by atoms with Gasteiger partial charge in [0, 0.05) is 37.1 Å². The number of halogens is 3. The first-order chi connectivity index (χ1) is 16.2. The number of nitrogens with zero attached hydrogens (tertiary/aromatic N) is 4. The largest absolute Gasteiger partial charge is 0.496 e. The van der Waals surface area contributed by atoms with E-state index in [-0.39, 0.29) is 17.0 Å². The molecule has 13 heteroatoms. The molecule has 34 heavy (non-hydrogen) atoms. The molecule has 3 heterocycles. The second-order valence-electron chi connectivity index (χ2n) is 7.17. The molecule has 0 saturated heterocycles. The first-order valence-electron chi connectivity index (χ1n) is 9.83. The summed E-state index contributed by atoms with van der Waals surface area (Å²) < 4.78 is 57.2. The smallest absolute Gasteiger partial charge is 0.435 e. The fraction of sp³-hybridized carbons (Fsp3) is 0.333. The molecule has 0 spiro atoms. The summed E-state index contributed by atoms with van der Waals surface area (Å²) in [6.45, 7) is 1.12. The maximum atomic E-state index is 13.5. The van der Waals surface area contributed by atoms with Crippen molar-refractivity contribution in [1.82, 2.24) is 14.8 Å². The average Bonchev–Trinajstić information content (AvgIpc) is 3.55. The highest BCUT2D eigenvalue weighted by molar-refractivity contribution is 7.13. The number of hydrogen-bond acceptors (Lipinski definition) is 9. The molecule has 2 aromatic heterocycles. The Bertz CT molecular complexity index is 1240. The van der Waals surface area contributed by atoms with E-state index < -0.39 is 23.9 Å². The van der Waals surface area contributed by atoms with Crippen molar-refractivity contribution in [2.24, 2.45) is 5.16 Å². The van der Waals surface area contributed by atoms with Crippen LogP contribution in [0.25, 0.3) is 10.6 Å². The quantitative estimate of drug-likeness (QED) is 0.493. The van der Waals surface area contributed by atoms with Gasteiger partial charge >= 0.3 is 6.18 Å². The van der Waals surface area contributed by atoms with Gasteiger partial charge in [0.25, 0.3) is 0 Å². The highest BCUT2D eigenvalue weighted by Gasteiger charge is 2.39. The van der Waals surface area contributed by atoms with Gasteiger partial charge in [-0.25, -0.2) is 9.67 Å². The molecule has 4 rings (SSSR count). The summed E-state index contributed by atoms with van der Waals surface area (Å²) in [5.74, 6) is 0.839. The van der Waals surface area contributed by atoms with Crippen LogP contribution in [0.15, 0.2) is 28.9 Å². The van der Waals surface area contributed by atoms with Gasteiger partial charge in [-0.3, -0.25) is 4.79 Å². The molecule has 0 saturated carbocycles. The Morgan fingerprint density at radius 1 is 1.18 bits per heavy atom. The van der Waals surface area contributed by atoms with E-state index in [9.17, 15) is 18.0 Å². The Hall–Kier alpha value is -3.61. The van der Waals surface area contributed by atoms with Crippen LogP contribution in [0.5, 0.6) is 17.2 Å². The third kappa shape index (κ3) is 4.30. The maximum Gasteiger partial charge on any atom is 0.435 e. The minimum Gasteiger partial charge on any atom is -0.496 e. The number of alkyl halides is 3. The van der Waals surface area contributed by atoms with Crippen molar-refractivity contribution in [3.63, 3.8) is 0 Å². The lowest BCUT2D eigenvalue weighted by atomic mass is 10.0. The summed E-state index contributed by atoms with van der Waals surface area (Å²) in [6.07, 6.45) is -4.01. The molecule has 0 unspecified atom stereocenters. The van der Waals surface area contributed by atoms with Crippen LogP contribution in [0.4, 0.5) is 13.2 Å². The predicted octanol–water partition coefficient (Wildman–Crippen LogP) is 4.58. The van der Waals surface area contributed by atoms with Gasteiger partial charge in [0.15, 0.2) is 11.8 Å². The zero-order valence-electron chi connectivity index (χ0n) is 18.5. The van der Waals surface area contributed by atoms with Gasteiger partial charge in [-0.2, -0.15) is 18.3 Å². The Labute approximate surface area is 195 Å². The van der Waals surface area contributed by atoms with Crippen molar-refractivity contribution < 1.29 is 37.0 Å². The molecule has 1 aromatic carbocycles. The van der Waals surface area contributed by atoms with Crippen LogP contribution < -0.4 is 14.2 Å². The number of aromatic nitrogens is 3. The summed E-state index contributed by atoms with van der Waals surface area (Å²) in [5.41, 5.74) is -0.0491. The van der Waals surface area contributed by atoms with E-state index in [1.807, 2.05) is 0 Å². The van der Waals surface area contributed by atoms with Crippen LogP contribution >= 0.6 is 11.3 Å². The second kappa shape index (κ2) is 8.97. The number of hydrogen-bond donors (Lipinski definition) is 0. The molecule has 1 aliphatic rings. The normalized spacial score (nSPS) is 15.6. The fourth-order valence-electron chi connectivity index (χ4n) is 3.46. The molecule has 0 N–H and O–H groups in total. The molecule has 3 aromatic rings. The number of carbonyl (C=O) groups excluding carboxylic acids is 1. The molecule has 0 radical (unpaired) electrons. The van der Waals surface area contributed by atoms with Crippen molar-refractivity contribution in [3.8, 4) is 27.8 Å². The van der Waals surface area contributed by atoms with Gasteiger partial charge in [-0.1, -0.05) is 5.16 Å². The number of carbonyl (C=O) groups is 1. The standard InChI is InChI=1S/C21H19F3N4O5S/c1-10(29)28-8-12(19(26-28)21(22,23)24)20-25-14(9-34-20)13-7-17(33-27-13)18-15(31-3)5-11(30-2)6-16(18)32-4/h5-6,8-9,17H,7H2,1-4H3/t17-/m1/s1.